The van der Waals surface area contributed by atoms with Crippen LogP contribution in [0.3, 0.4) is 0 Å². The molecule has 0 spiro atoms. The minimum Gasteiger partial charge on any atom is -0.337 e. The standard InChI is InChI=1S/C10H11N5O/c1-16-15-9-6-11-3-2-8(9)14-10-7-12-4-5-13-10/h2-7,15H,1H3,(H,11,13,14). The number of rotatable bonds is 4. The summed E-state index contributed by atoms with van der Waals surface area (Å²) in [6.07, 6.45) is 8.21. The van der Waals surface area contributed by atoms with Crippen LogP contribution >= 0.6 is 0 Å². The number of hydrogen-bond acceptors (Lipinski definition) is 6. The SMILES string of the molecule is CONc1cnccc1Nc1cnccn1. The van der Waals surface area contributed by atoms with E-state index in [0.29, 0.717) is 5.82 Å². The molecule has 0 aromatic carbocycles. The van der Waals surface area contributed by atoms with E-state index in [0.717, 1.165) is 11.4 Å². The summed E-state index contributed by atoms with van der Waals surface area (Å²) in [6, 6.07) is 1.82. The van der Waals surface area contributed by atoms with E-state index in [2.05, 4.69) is 25.7 Å². The van der Waals surface area contributed by atoms with Crippen LogP contribution in [0.15, 0.2) is 37.1 Å². The van der Waals surface area contributed by atoms with Gasteiger partial charge in [0.1, 0.15) is 11.5 Å². The first kappa shape index (κ1) is 10.3. The first-order chi connectivity index (χ1) is 7.90. The van der Waals surface area contributed by atoms with Gasteiger partial charge in [-0.15, -0.1) is 0 Å². The maximum Gasteiger partial charge on any atom is 0.148 e. The van der Waals surface area contributed by atoms with Gasteiger partial charge in [0, 0.05) is 18.6 Å². The van der Waals surface area contributed by atoms with Crippen LogP contribution < -0.4 is 10.8 Å². The van der Waals surface area contributed by atoms with Gasteiger partial charge in [-0.25, -0.2) is 4.98 Å². The summed E-state index contributed by atoms with van der Waals surface area (Å²) < 4.78 is 0. The molecule has 2 aromatic rings. The van der Waals surface area contributed by atoms with Gasteiger partial charge in [-0.05, 0) is 6.07 Å². The molecule has 0 saturated heterocycles. The number of nitrogens with one attached hydrogen (secondary N) is 2. The Labute approximate surface area is 92.7 Å². The average Bonchev–Trinajstić information content (AvgIpc) is 2.33. The number of pyridine rings is 1. The van der Waals surface area contributed by atoms with Crippen molar-refractivity contribution < 1.29 is 4.84 Å². The van der Waals surface area contributed by atoms with E-state index in [1.807, 2.05) is 6.07 Å². The number of hydrogen-bond donors (Lipinski definition) is 2. The van der Waals surface area contributed by atoms with Gasteiger partial charge in [0.2, 0.25) is 0 Å². The molecule has 0 aliphatic rings. The Kier molecular flexibility index (Phi) is 3.25. The van der Waals surface area contributed by atoms with Gasteiger partial charge in [0.25, 0.3) is 0 Å². The Morgan fingerprint density at radius 2 is 1.94 bits per heavy atom. The first-order valence-corrected chi connectivity index (χ1v) is 4.66. The fourth-order valence-corrected chi connectivity index (χ4v) is 1.20. The fraction of sp³-hybridized carbons (Fsp3) is 0.100. The lowest BCUT2D eigenvalue weighted by Crippen LogP contribution is -2.02. The van der Waals surface area contributed by atoms with E-state index in [1.54, 1.807) is 38.1 Å². The Morgan fingerprint density at radius 3 is 2.69 bits per heavy atom. The monoisotopic (exact) mass is 217 g/mol. The van der Waals surface area contributed by atoms with Crippen molar-refractivity contribution >= 4 is 17.2 Å². The lowest BCUT2D eigenvalue weighted by Gasteiger charge is -2.10. The second-order valence-electron chi connectivity index (χ2n) is 2.94. The molecule has 16 heavy (non-hydrogen) atoms. The summed E-state index contributed by atoms with van der Waals surface area (Å²) in [5.41, 5.74) is 4.27. The second kappa shape index (κ2) is 5.04. The highest BCUT2D eigenvalue weighted by Crippen LogP contribution is 2.22. The van der Waals surface area contributed by atoms with Gasteiger partial charge in [-0.1, -0.05) is 0 Å². The predicted octanol–water partition coefficient (Wildman–Crippen LogP) is 1.59. The Hall–Kier alpha value is -2.21. The molecule has 0 unspecified atom stereocenters. The van der Waals surface area contributed by atoms with Crippen molar-refractivity contribution in [3.63, 3.8) is 0 Å². The van der Waals surface area contributed by atoms with Crippen molar-refractivity contribution in [1.82, 2.24) is 15.0 Å². The van der Waals surface area contributed by atoms with Gasteiger partial charge in [-0.3, -0.25) is 20.3 Å². The minimum absolute atomic E-state index is 0.660. The third kappa shape index (κ3) is 2.43. The minimum atomic E-state index is 0.660. The van der Waals surface area contributed by atoms with E-state index in [1.165, 1.54) is 0 Å². The van der Waals surface area contributed by atoms with Crippen LogP contribution in [-0.4, -0.2) is 22.1 Å². The van der Waals surface area contributed by atoms with Gasteiger partial charge < -0.3 is 5.32 Å². The highest BCUT2D eigenvalue weighted by Gasteiger charge is 2.02. The van der Waals surface area contributed by atoms with E-state index in [-0.39, 0.29) is 0 Å². The summed E-state index contributed by atoms with van der Waals surface area (Å²) in [5.74, 6) is 0.660. The highest BCUT2D eigenvalue weighted by molar-refractivity contribution is 5.70. The molecule has 0 aliphatic carbocycles. The zero-order valence-corrected chi connectivity index (χ0v) is 8.71. The predicted molar refractivity (Wildman–Crippen MR) is 60.2 cm³/mol. The van der Waals surface area contributed by atoms with Crippen molar-refractivity contribution in [2.24, 2.45) is 0 Å². The molecule has 6 nitrogen and oxygen atoms in total. The van der Waals surface area contributed by atoms with Crippen LogP contribution in [0, 0.1) is 0 Å². The zero-order chi connectivity index (χ0) is 11.2. The normalized spacial score (nSPS) is 9.81. The molecule has 2 heterocycles. The summed E-state index contributed by atoms with van der Waals surface area (Å²) in [5, 5.41) is 3.10. The summed E-state index contributed by atoms with van der Waals surface area (Å²) >= 11 is 0. The maximum atomic E-state index is 4.84. The summed E-state index contributed by atoms with van der Waals surface area (Å²) in [4.78, 5) is 16.9. The third-order valence-corrected chi connectivity index (χ3v) is 1.86. The quantitative estimate of drug-likeness (QED) is 0.758. The first-order valence-electron chi connectivity index (χ1n) is 4.66. The number of aromatic nitrogens is 3. The van der Waals surface area contributed by atoms with Crippen molar-refractivity contribution in [3.05, 3.63) is 37.1 Å². The molecule has 0 amide bonds. The van der Waals surface area contributed by atoms with E-state index < -0.39 is 0 Å². The lowest BCUT2D eigenvalue weighted by molar-refractivity contribution is 0.271. The average molecular weight is 217 g/mol. The molecule has 0 saturated carbocycles. The van der Waals surface area contributed by atoms with Crippen LogP contribution in [0.2, 0.25) is 0 Å². The smallest absolute Gasteiger partial charge is 0.148 e. The van der Waals surface area contributed by atoms with E-state index in [9.17, 15) is 0 Å². The van der Waals surface area contributed by atoms with Crippen LogP contribution in [0.1, 0.15) is 0 Å². The summed E-state index contributed by atoms with van der Waals surface area (Å²) in [7, 11) is 1.54. The molecule has 2 rings (SSSR count). The van der Waals surface area contributed by atoms with E-state index >= 15 is 0 Å². The molecule has 0 fully saturated rings. The van der Waals surface area contributed by atoms with Gasteiger partial charge in [-0.2, -0.15) is 0 Å². The highest BCUT2D eigenvalue weighted by atomic mass is 16.6. The van der Waals surface area contributed by atoms with Crippen LogP contribution in [0.5, 0.6) is 0 Å². The molecule has 0 radical (unpaired) electrons. The van der Waals surface area contributed by atoms with Crippen LogP contribution in [0.25, 0.3) is 0 Å². The number of nitrogens with zero attached hydrogens (tertiary/aromatic N) is 3. The summed E-state index contributed by atoms with van der Waals surface area (Å²) in [6.45, 7) is 0. The Morgan fingerprint density at radius 1 is 1.06 bits per heavy atom. The number of anilines is 3. The van der Waals surface area contributed by atoms with Gasteiger partial charge >= 0.3 is 0 Å². The molecular weight excluding hydrogens is 206 g/mol. The van der Waals surface area contributed by atoms with Crippen molar-refractivity contribution in [3.8, 4) is 0 Å². The molecule has 0 atom stereocenters. The zero-order valence-electron chi connectivity index (χ0n) is 8.71. The second-order valence-corrected chi connectivity index (χ2v) is 2.94. The van der Waals surface area contributed by atoms with Crippen LogP contribution in [0.4, 0.5) is 17.2 Å². The van der Waals surface area contributed by atoms with E-state index in [4.69, 9.17) is 4.84 Å². The molecule has 2 N–H and O–H groups in total. The lowest BCUT2D eigenvalue weighted by atomic mass is 10.3. The Bertz CT molecular complexity index is 448. The topological polar surface area (TPSA) is 72.0 Å². The molecular formula is C10H11N5O. The fourth-order valence-electron chi connectivity index (χ4n) is 1.20. The molecule has 0 bridgehead atoms. The van der Waals surface area contributed by atoms with Crippen molar-refractivity contribution in [1.29, 1.82) is 0 Å². The Balaban J connectivity index is 2.21. The molecule has 0 aliphatic heterocycles. The van der Waals surface area contributed by atoms with Crippen LogP contribution in [-0.2, 0) is 4.84 Å². The maximum absolute atomic E-state index is 4.84. The van der Waals surface area contributed by atoms with Crippen molar-refractivity contribution in [2.45, 2.75) is 0 Å². The molecule has 82 valence electrons. The molecule has 6 heteroatoms. The largest absolute Gasteiger partial charge is 0.337 e. The molecule has 2 aromatic heterocycles. The van der Waals surface area contributed by atoms with Gasteiger partial charge in [0.15, 0.2) is 0 Å². The third-order valence-electron chi connectivity index (χ3n) is 1.86. The van der Waals surface area contributed by atoms with Gasteiger partial charge in [0.05, 0.1) is 25.2 Å². The van der Waals surface area contributed by atoms with Crippen molar-refractivity contribution in [2.75, 3.05) is 17.9 Å².